The minimum Gasteiger partial charge on any atom is -0.488 e. The smallest absolute Gasteiger partial charge is 0.223 e. The minimum absolute atomic E-state index is 0.0517. The van der Waals surface area contributed by atoms with E-state index in [4.69, 9.17) is 9.47 Å². The number of aliphatic hydroxyl groups is 1. The number of carbonyl (C=O) groups is 1. The third-order valence-electron chi connectivity index (χ3n) is 5.09. The van der Waals surface area contributed by atoms with Crippen LogP contribution in [0.2, 0.25) is 0 Å². The highest BCUT2D eigenvalue weighted by Gasteiger charge is 2.34. The number of hydrogen-bond donors (Lipinski definition) is 2. The fourth-order valence-corrected chi connectivity index (χ4v) is 3.59. The lowest BCUT2D eigenvalue weighted by Crippen LogP contribution is -2.47. The summed E-state index contributed by atoms with van der Waals surface area (Å²) < 4.78 is 11.2. The summed E-state index contributed by atoms with van der Waals surface area (Å²) in [6.45, 7) is 1.85. The second kappa shape index (κ2) is 8.49. The van der Waals surface area contributed by atoms with Crippen molar-refractivity contribution in [3.63, 3.8) is 0 Å². The Morgan fingerprint density at radius 2 is 1.92 bits per heavy atom. The van der Waals surface area contributed by atoms with Gasteiger partial charge >= 0.3 is 0 Å². The summed E-state index contributed by atoms with van der Waals surface area (Å²) in [6.07, 6.45) is 3.61. The molecule has 1 aliphatic carbocycles. The van der Waals surface area contributed by atoms with Crippen LogP contribution in [-0.4, -0.2) is 43.0 Å². The number of ether oxygens (including phenoxy) is 2. The first kappa shape index (κ1) is 17.2. The van der Waals surface area contributed by atoms with E-state index in [9.17, 15) is 9.90 Å². The Kier molecular flexibility index (Phi) is 6.10. The van der Waals surface area contributed by atoms with Gasteiger partial charge in [0.05, 0.1) is 6.10 Å². The molecule has 2 N–H and O–H groups in total. The first-order valence-electron chi connectivity index (χ1n) is 8.99. The molecule has 2 aliphatic rings. The summed E-state index contributed by atoms with van der Waals surface area (Å²) in [4.78, 5) is 12.2. The van der Waals surface area contributed by atoms with Crippen molar-refractivity contribution < 1.29 is 19.4 Å². The highest BCUT2D eigenvalue weighted by atomic mass is 16.5. The van der Waals surface area contributed by atoms with Crippen LogP contribution in [0.3, 0.4) is 0 Å². The molecule has 0 radical (unpaired) electrons. The van der Waals surface area contributed by atoms with Gasteiger partial charge in [-0.05, 0) is 44.2 Å². The molecule has 1 aromatic carbocycles. The van der Waals surface area contributed by atoms with E-state index in [1.165, 1.54) is 0 Å². The maximum absolute atomic E-state index is 12.2. The van der Waals surface area contributed by atoms with Gasteiger partial charge in [-0.15, -0.1) is 0 Å². The molecule has 3 rings (SSSR count). The van der Waals surface area contributed by atoms with Gasteiger partial charge in [0.2, 0.25) is 5.91 Å². The Labute approximate surface area is 143 Å². The largest absolute Gasteiger partial charge is 0.488 e. The third kappa shape index (κ3) is 4.48. The summed E-state index contributed by atoms with van der Waals surface area (Å²) in [5, 5.41) is 13.6. The topological polar surface area (TPSA) is 67.8 Å². The van der Waals surface area contributed by atoms with Crippen LogP contribution in [0.15, 0.2) is 30.3 Å². The predicted molar refractivity (Wildman–Crippen MR) is 90.8 cm³/mol. The van der Waals surface area contributed by atoms with Crippen molar-refractivity contribution in [3.8, 4) is 5.75 Å². The molecule has 1 amide bonds. The summed E-state index contributed by atoms with van der Waals surface area (Å²) in [5.41, 5.74) is 0. The fraction of sp³-hybridized carbons (Fsp3) is 0.632. The minimum atomic E-state index is -0.547. The normalized spacial score (nSPS) is 28.3. The molecule has 2 fully saturated rings. The highest BCUT2D eigenvalue weighted by Crippen LogP contribution is 2.28. The standard InChI is InChI=1S/C19H27NO4/c21-18-15(13-20-19(22)14-9-11-23-12-10-14)5-4-8-17(18)24-16-6-2-1-3-7-16/h1-3,6-7,14-15,17-18,21H,4-5,8-13H2,(H,20,22)/t15-,17-,18-/m1/s1. The Balaban J connectivity index is 1.49. The van der Waals surface area contributed by atoms with Crippen molar-refractivity contribution in [2.45, 2.75) is 44.3 Å². The van der Waals surface area contributed by atoms with Crippen LogP contribution in [0, 0.1) is 11.8 Å². The molecule has 24 heavy (non-hydrogen) atoms. The van der Waals surface area contributed by atoms with E-state index in [1.54, 1.807) is 0 Å². The third-order valence-corrected chi connectivity index (χ3v) is 5.09. The molecule has 0 spiro atoms. The number of para-hydroxylation sites is 1. The lowest BCUT2D eigenvalue weighted by atomic mass is 9.84. The first-order valence-corrected chi connectivity index (χ1v) is 8.99. The summed E-state index contributed by atoms with van der Waals surface area (Å²) in [7, 11) is 0. The van der Waals surface area contributed by atoms with E-state index in [2.05, 4.69) is 5.32 Å². The lowest BCUT2D eigenvalue weighted by molar-refractivity contribution is -0.128. The molecule has 0 bridgehead atoms. The molecule has 1 saturated carbocycles. The van der Waals surface area contributed by atoms with Crippen LogP contribution in [0.4, 0.5) is 0 Å². The zero-order valence-corrected chi connectivity index (χ0v) is 14.0. The maximum atomic E-state index is 12.2. The molecule has 132 valence electrons. The van der Waals surface area contributed by atoms with E-state index >= 15 is 0 Å². The number of hydrogen-bond acceptors (Lipinski definition) is 4. The molecule has 1 aliphatic heterocycles. The number of benzene rings is 1. The van der Waals surface area contributed by atoms with Crippen molar-refractivity contribution in [1.29, 1.82) is 0 Å². The quantitative estimate of drug-likeness (QED) is 0.866. The Morgan fingerprint density at radius 3 is 2.67 bits per heavy atom. The molecule has 0 unspecified atom stereocenters. The van der Waals surface area contributed by atoms with Crippen molar-refractivity contribution >= 4 is 5.91 Å². The summed E-state index contributed by atoms with van der Waals surface area (Å²) in [5.74, 6) is 0.983. The zero-order valence-electron chi connectivity index (χ0n) is 14.0. The van der Waals surface area contributed by atoms with Gasteiger partial charge in [0.1, 0.15) is 11.9 Å². The van der Waals surface area contributed by atoms with Crippen LogP contribution in [0.5, 0.6) is 5.75 Å². The van der Waals surface area contributed by atoms with Crippen molar-refractivity contribution in [2.75, 3.05) is 19.8 Å². The second-order valence-electron chi connectivity index (χ2n) is 6.78. The maximum Gasteiger partial charge on any atom is 0.223 e. The molecular formula is C19H27NO4. The monoisotopic (exact) mass is 333 g/mol. The Morgan fingerprint density at radius 1 is 1.17 bits per heavy atom. The van der Waals surface area contributed by atoms with E-state index in [0.29, 0.717) is 19.8 Å². The van der Waals surface area contributed by atoms with E-state index in [1.807, 2.05) is 30.3 Å². The number of amides is 1. The molecule has 0 aromatic heterocycles. The van der Waals surface area contributed by atoms with Gasteiger partial charge in [-0.2, -0.15) is 0 Å². The van der Waals surface area contributed by atoms with Gasteiger partial charge in [-0.1, -0.05) is 18.2 Å². The molecule has 5 nitrogen and oxygen atoms in total. The average Bonchev–Trinajstić information content (AvgIpc) is 2.64. The molecule has 5 heteroatoms. The van der Waals surface area contributed by atoms with Gasteiger partial charge < -0.3 is 19.9 Å². The van der Waals surface area contributed by atoms with Crippen LogP contribution in [0.25, 0.3) is 0 Å². The predicted octanol–water partition coefficient (Wildman–Crippen LogP) is 2.14. The van der Waals surface area contributed by atoms with Crippen molar-refractivity contribution in [1.82, 2.24) is 5.32 Å². The molecule has 3 atom stereocenters. The van der Waals surface area contributed by atoms with Gasteiger partial charge in [0, 0.05) is 31.6 Å². The van der Waals surface area contributed by atoms with Gasteiger partial charge in [0.25, 0.3) is 0 Å². The summed E-state index contributed by atoms with van der Waals surface area (Å²) in [6, 6.07) is 9.61. The molecule has 1 saturated heterocycles. The van der Waals surface area contributed by atoms with Gasteiger partial charge in [-0.3, -0.25) is 4.79 Å². The lowest BCUT2D eigenvalue weighted by Gasteiger charge is -2.35. The highest BCUT2D eigenvalue weighted by molar-refractivity contribution is 5.78. The van der Waals surface area contributed by atoms with Gasteiger partial charge in [-0.25, -0.2) is 0 Å². The van der Waals surface area contributed by atoms with E-state index in [-0.39, 0.29) is 23.8 Å². The van der Waals surface area contributed by atoms with E-state index in [0.717, 1.165) is 37.9 Å². The van der Waals surface area contributed by atoms with Crippen molar-refractivity contribution in [3.05, 3.63) is 30.3 Å². The number of aliphatic hydroxyl groups excluding tert-OH is 1. The van der Waals surface area contributed by atoms with Crippen LogP contribution in [0.1, 0.15) is 32.1 Å². The second-order valence-corrected chi connectivity index (χ2v) is 6.78. The van der Waals surface area contributed by atoms with Crippen molar-refractivity contribution in [2.24, 2.45) is 11.8 Å². The van der Waals surface area contributed by atoms with E-state index < -0.39 is 6.10 Å². The molecule has 1 heterocycles. The number of rotatable bonds is 5. The first-order chi connectivity index (χ1) is 11.7. The Bertz CT molecular complexity index is 515. The molecular weight excluding hydrogens is 306 g/mol. The van der Waals surface area contributed by atoms with Crippen LogP contribution >= 0.6 is 0 Å². The number of carbonyl (C=O) groups excluding carboxylic acids is 1. The molecule has 1 aromatic rings. The Hall–Kier alpha value is -1.59. The fourth-order valence-electron chi connectivity index (χ4n) is 3.59. The SMILES string of the molecule is O=C(NC[C@H]1CCC[C@@H](Oc2ccccc2)[C@@H]1O)C1CCOCC1. The summed E-state index contributed by atoms with van der Waals surface area (Å²) >= 11 is 0. The number of nitrogens with one attached hydrogen (secondary N) is 1. The van der Waals surface area contributed by atoms with Gasteiger partial charge in [0.15, 0.2) is 0 Å². The van der Waals surface area contributed by atoms with Crippen LogP contribution < -0.4 is 10.1 Å². The van der Waals surface area contributed by atoms with Crippen LogP contribution in [-0.2, 0) is 9.53 Å². The zero-order chi connectivity index (χ0) is 16.8. The average molecular weight is 333 g/mol.